The molecule has 0 saturated carbocycles. The summed E-state index contributed by atoms with van der Waals surface area (Å²) in [4.78, 5) is 4.96. The first-order chi connectivity index (χ1) is 13.5. The number of benzene rings is 1. The van der Waals surface area contributed by atoms with Gasteiger partial charge in [0.15, 0.2) is 0 Å². The summed E-state index contributed by atoms with van der Waals surface area (Å²) >= 11 is 0. The molecule has 2 heterocycles. The zero-order valence-corrected chi connectivity index (χ0v) is 18.5. The van der Waals surface area contributed by atoms with Crippen LogP contribution >= 0.6 is 0 Å². The average molecular weight is 389 g/mol. The zero-order valence-electron chi connectivity index (χ0n) is 18.5. The van der Waals surface area contributed by atoms with Gasteiger partial charge in [0.2, 0.25) is 0 Å². The van der Waals surface area contributed by atoms with Gasteiger partial charge in [0.05, 0.1) is 6.61 Å². The third kappa shape index (κ3) is 5.49. The van der Waals surface area contributed by atoms with E-state index >= 15 is 0 Å². The van der Waals surface area contributed by atoms with Gasteiger partial charge in [-0.25, -0.2) is 0 Å². The fourth-order valence-electron chi connectivity index (χ4n) is 5.16. The Morgan fingerprint density at radius 1 is 1.07 bits per heavy atom. The molecule has 0 radical (unpaired) electrons. The maximum absolute atomic E-state index is 6.06. The molecule has 4 heteroatoms. The van der Waals surface area contributed by atoms with E-state index < -0.39 is 0 Å². The molecule has 2 fully saturated rings. The second-order valence-corrected chi connectivity index (χ2v) is 9.22. The molecule has 2 unspecified atom stereocenters. The van der Waals surface area contributed by atoms with Crippen LogP contribution in [0.25, 0.3) is 0 Å². The lowest BCUT2D eigenvalue weighted by atomic mass is 9.74. The summed E-state index contributed by atoms with van der Waals surface area (Å²) in [5, 5.41) is 0. The van der Waals surface area contributed by atoms with Crippen molar-refractivity contribution < 1.29 is 9.47 Å². The van der Waals surface area contributed by atoms with Crippen LogP contribution in [0.5, 0.6) is 5.75 Å². The molecule has 1 aromatic rings. The lowest BCUT2D eigenvalue weighted by Crippen LogP contribution is -2.44. The van der Waals surface area contributed by atoms with Gasteiger partial charge in [-0.3, -0.25) is 4.90 Å². The lowest BCUT2D eigenvalue weighted by molar-refractivity contribution is 0.0401. The van der Waals surface area contributed by atoms with Gasteiger partial charge in [-0.15, -0.1) is 0 Å². The number of ether oxygens (including phenoxy) is 2. The van der Waals surface area contributed by atoms with Crippen LogP contribution in [0.2, 0.25) is 0 Å². The van der Waals surface area contributed by atoms with Crippen molar-refractivity contribution in [3.8, 4) is 5.75 Å². The van der Waals surface area contributed by atoms with Crippen LogP contribution in [-0.4, -0.2) is 68.9 Å². The molecule has 0 bridgehead atoms. The van der Waals surface area contributed by atoms with Gasteiger partial charge in [0.25, 0.3) is 0 Å². The van der Waals surface area contributed by atoms with E-state index in [0.29, 0.717) is 0 Å². The van der Waals surface area contributed by atoms with Crippen LogP contribution in [0.15, 0.2) is 24.3 Å². The minimum Gasteiger partial charge on any atom is -0.494 e. The number of likely N-dealkylation sites (N-methyl/N-ethyl adjacent to an activating group) is 1. The number of likely N-dealkylation sites (tertiary alicyclic amines) is 1. The summed E-state index contributed by atoms with van der Waals surface area (Å²) in [5.41, 5.74) is 1.63. The van der Waals surface area contributed by atoms with Crippen molar-refractivity contribution in [2.24, 2.45) is 0 Å². The molecule has 2 aliphatic heterocycles. The SMILES string of the molecule is CC1CCCC(C)N1CCCOc1ccc(C2(CN(C)C)CCOCC2)cc1. The molecular formula is C24H40N2O2. The lowest BCUT2D eigenvalue weighted by Gasteiger charge is -2.40. The average Bonchev–Trinajstić information content (AvgIpc) is 2.68. The fourth-order valence-corrected chi connectivity index (χ4v) is 5.16. The third-order valence-electron chi connectivity index (χ3n) is 6.74. The Balaban J connectivity index is 1.51. The molecule has 28 heavy (non-hydrogen) atoms. The van der Waals surface area contributed by atoms with Gasteiger partial charge in [-0.1, -0.05) is 18.6 Å². The standard InChI is InChI=1S/C24H40N2O2/c1-20-7-5-8-21(2)26(20)15-6-16-28-23-11-9-22(10-12-23)24(19-25(3)4)13-17-27-18-14-24/h9-12,20-21H,5-8,13-19H2,1-4H3. The quantitative estimate of drug-likeness (QED) is 0.619. The van der Waals surface area contributed by atoms with Gasteiger partial charge in [-0.2, -0.15) is 0 Å². The van der Waals surface area contributed by atoms with Gasteiger partial charge in [-0.05, 0) is 77.7 Å². The smallest absolute Gasteiger partial charge is 0.119 e. The predicted molar refractivity (Wildman–Crippen MR) is 116 cm³/mol. The first kappa shape index (κ1) is 21.6. The number of hydrogen-bond acceptors (Lipinski definition) is 4. The molecule has 2 saturated heterocycles. The summed E-state index contributed by atoms with van der Waals surface area (Å²) in [6.07, 6.45) is 7.34. The third-order valence-corrected chi connectivity index (χ3v) is 6.74. The Kier molecular flexibility index (Phi) is 7.78. The summed E-state index contributed by atoms with van der Waals surface area (Å²) in [7, 11) is 4.33. The second kappa shape index (κ2) is 10.1. The molecule has 0 N–H and O–H groups in total. The number of rotatable bonds is 8. The molecule has 1 aromatic carbocycles. The van der Waals surface area contributed by atoms with E-state index in [1.165, 1.54) is 24.8 Å². The molecule has 3 rings (SSSR count). The highest BCUT2D eigenvalue weighted by atomic mass is 16.5. The molecule has 2 aliphatic rings. The number of piperidine rings is 1. The minimum absolute atomic E-state index is 0.209. The van der Waals surface area contributed by atoms with Crippen molar-refractivity contribution in [1.82, 2.24) is 9.80 Å². The van der Waals surface area contributed by atoms with Gasteiger partial charge in [0.1, 0.15) is 5.75 Å². The highest BCUT2D eigenvalue weighted by molar-refractivity contribution is 5.33. The minimum atomic E-state index is 0.209. The fraction of sp³-hybridized carbons (Fsp3) is 0.750. The number of nitrogens with zero attached hydrogens (tertiary/aromatic N) is 2. The van der Waals surface area contributed by atoms with Gasteiger partial charge < -0.3 is 14.4 Å². The Hall–Kier alpha value is -1.10. The highest BCUT2D eigenvalue weighted by Gasteiger charge is 2.34. The van der Waals surface area contributed by atoms with Crippen LogP contribution in [0.4, 0.5) is 0 Å². The molecule has 0 aromatic heterocycles. The van der Waals surface area contributed by atoms with E-state index in [1.54, 1.807) is 0 Å². The first-order valence-electron chi connectivity index (χ1n) is 11.2. The maximum atomic E-state index is 6.06. The van der Waals surface area contributed by atoms with Crippen molar-refractivity contribution >= 4 is 0 Å². The van der Waals surface area contributed by atoms with Gasteiger partial charge >= 0.3 is 0 Å². The largest absolute Gasteiger partial charge is 0.494 e. The monoisotopic (exact) mass is 388 g/mol. The van der Waals surface area contributed by atoms with Crippen LogP contribution < -0.4 is 4.74 Å². The topological polar surface area (TPSA) is 24.9 Å². The molecular weight excluding hydrogens is 348 g/mol. The second-order valence-electron chi connectivity index (χ2n) is 9.22. The molecule has 0 aliphatic carbocycles. The van der Waals surface area contributed by atoms with Crippen molar-refractivity contribution in [3.63, 3.8) is 0 Å². The zero-order chi connectivity index (χ0) is 20.0. The van der Waals surface area contributed by atoms with Crippen LogP contribution in [0, 0.1) is 0 Å². The van der Waals surface area contributed by atoms with Gasteiger partial charge in [0, 0.05) is 43.8 Å². The van der Waals surface area contributed by atoms with E-state index in [4.69, 9.17) is 9.47 Å². The van der Waals surface area contributed by atoms with E-state index in [2.05, 4.69) is 62.0 Å². The van der Waals surface area contributed by atoms with Crippen LogP contribution in [0.1, 0.15) is 57.9 Å². The van der Waals surface area contributed by atoms with Crippen molar-refractivity contribution in [2.45, 2.75) is 69.9 Å². The first-order valence-corrected chi connectivity index (χ1v) is 11.2. The Labute approximate surface area is 172 Å². The Morgan fingerprint density at radius 3 is 2.32 bits per heavy atom. The van der Waals surface area contributed by atoms with E-state index in [1.807, 2.05) is 0 Å². The number of hydrogen-bond donors (Lipinski definition) is 0. The van der Waals surface area contributed by atoms with E-state index in [-0.39, 0.29) is 5.41 Å². The van der Waals surface area contributed by atoms with E-state index in [9.17, 15) is 0 Å². The van der Waals surface area contributed by atoms with Crippen LogP contribution in [-0.2, 0) is 10.2 Å². The van der Waals surface area contributed by atoms with E-state index in [0.717, 1.165) is 70.0 Å². The molecule has 4 nitrogen and oxygen atoms in total. The summed E-state index contributed by atoms with van der Waals surface area (Å²) in [5.74, 6) is 0.996. The van der Waals surface area contributed by atoms with Crippen molar-refractivity contribution in [3.05, 3.63) is 29.8 Å². The molecule has 0 spiro atoms. The predicted octanol–water partition coefficient (Wildman–Crippen LogP) is 4.33. The Morgan fingerprint density at radius 2 is 1.71 bits per heavy atom. The van der Waals surface area contributed by atoms with Crippen molar-refractivity contribution in [1.29, 1.82) is 0 Å². The maximum Gasteiger partial charge on any atom is 0.119 e. The summed E-state index contributed by atoms with van der Waals surface area (Å²) in [6.45, 7) is 9.48. The normalized spacial score (nSPS) is 25.8. The van der Waals surface area contributed by atoms with Crippen LogP contribution in [0.3, 0.4) is 0 Å². The summed E-state index contributed by atoms with van der Waals surface area (Å²) in [6, 6.07) is 10.3. The summed E-state index contributed by atoms with van der Waals surface area (Å²) < 4.78 is 11.7. The molecule has 158 valence electrons. The molecule has 0 amide bonds. The Bertz CT molecular complexity index is 571. The highest BCUT2D eigenvalue weighted by Crippen LogP contribution is 2.36. The molecule has 2 atom stereocenters. The van der Waals surface area contributed by atoms with Crippen molar-refractivity contribution in [2.75, 3.05) is 47.0 Å².